The molecule has 0 saturated carbocycles. The van der Waals surface area contributed by atoms with E-state index in [2.05, 4.69) is 57.0 Å². The third-order valence-electron chi connectivity index (χ3n) is 3.42. The molecule has 1 heterocycles. The summed E-state index contributed by atoms with van der Waals surface area (Å²) in [7, 11) is 0. The van der Waals surface area contributed by atoms with Gasteiger partial charge in [-0.3, -0.25) is 0 Å². The predicted molar refractivity (Wildman–Crippen MR) is 82.6 cm³/mol. The topological polar surface area (TPSA) is 12.0 Å². The van der Waals surface area contributed by atoms with Crippen molar-refractivity contribution < 1.29 is 0 Å². The molecule has 2 heteroatoms. The molecule has 18 heavy (non-hydrogen) atoms. The van der Waals surface area contributed by atoms with Crippen molar-refractivity contribution in [3.63, 3.8) is 0 Å². The average Bonchev–Trinajstić information content (AvgIpc) is 2.37. The first-order valence-electron chi connectivity index (χ1n) is 6.60. The van der Waals surface area contributed by atoms with E-state index >= 15 is 0 Å². The molecule has 1 N–H and O–H groups in total. The summed E-state index contributed by atoms with van der Waals surface area (Å²) in [5.74, 6) is 0. The van der Waals surface area contributed by atoms with Crippen LogP contribution in [-0.4, -0.2) is 4.75 Å². The Morgan fingerprint density at radius 3 is 2.61 bits per heavy atom. The maximum absolute atomic E-state index is 4.73. The monoisotopic (exact) mass is 261 g/mol. The molecule has 0 bridgehead atoms. The van der Waals surface area contributed by atoms with Crippen molar-refractivity contribution in [2.24, 2.45) is 5.41 Å². The van der Waals surface area contributed by atoms with Gasteiger partial charge in [0.25, 0.3) is 0 Å². The van der Waals surface area contributed by atoms with Crippen LogP contribution in [0.1, 0.15) is 40.0 Å². The summed E-state index contributed by atoms with van der Waals surface area (Å²) in [5.41, 5.74) is 3.76. The van der Waals surface area contributed by atoms with Crippen LogP contribution in [0.5, 0.6) is 0 Å². The molecule has 2 rings (SSSR count). The van der Waals surface area contributed by atoms with Gasteiger partial charge in [0, 0.05) is 21.6 Å². The summed E-state index contributed by atoms with van der Waals surface area (Å²) in [6.45, 7) is 10.7. The van der Waals surface area contributed by atoms with Crippen LogP contribution in [0.4, 0.5) is 0 Å². The number of hydrogen-bond acceptors (Lipinski definition) is 2. The summed E-state index contributed by atoms with van der Waals surface area (Å²) in [6, 6.07) is 0. The quantitative estimate of drug-likeness (QED) is 0.487. The Balaban J connectivity index is 2.51. The highest BCUT2D eigenvalue weighted by Gasteiger charge is 2.24. The zero-order valence-electron chi connectivity index (χ0n) is 11.6. The fourth-order valence-electron chi connectivity index (χ4n) is 2.46. The van der Waals surface area contributed by atoms with Crippen LogP contribution in [0, 0.1) is 5.41 Å². The summed E-state index contributed by atoms with van der Waals surface area (Å²) in [6.07, 6.45) is 12.3. The molecular weight excluding hydrogens is 238 g/mol. The van der Waals surface area contributed by atoms with E-state index in [0.29, 0.717) is 0 Å². The molecule has 1 aliphatic carbocycles. The summed E-state index contributed by atoms with van der Waals surface area (Å²) in [4.78, 5) is 0. The van der Waals surface area contributed by atoms with Crippen LogP contribution in [-0.2, 0) is 0 Å². The summed E-state index contributed by atoms with van der Waals surface area (Å²) in [5, 5.41) is 3.46. The van der Waals surface area contributed by atoms with Gasteiger partial charge >= 0.3 is 0 Å². The van der Waals surface area contributed by atoms with Gasteiger partial charge in [0.1, 0.15) is 0 Å². The van der Waals surface area contributed by atoms with E-state index < -0.39 is 0 Å². The maximum atomic E-state index is 4.73. The van der Waals surface area contributed by atoms with Crippen molar-refractivity contribution in [2.75, 3.05) is 0 Å². The van der Waals surface area contributed by atoms with Crippen LogP contribution in [0.2, 0.25) is 0 Å². The molecule has 1 aliphatic heterocycles. The lowest BCUT2D eigenvalue weighted by Gasteiger charge is -2.26. The zero-order chi connectivity index (χ0) is 13.4. The zero-order valence-corrected chi connectivity index (χ0v) is 12.5. The fourth-order valence-corrected chi connectivity index (χ4v) is 2.66. The molecule has 1 saturated heterocycles. The van der Waals surface area contributed by atoms with Crippen molar-refractivity contribution >= 4 is 12.6 Å². The van der Waals surface area contributed by atoms with Crippen molar-refractivity contribution in [3.05, 3.63) is 47.9 Å². The summed E-state index contributed by atoms with van der Waals surface area (Å²) >= 11 is 4.73. The van der Waals surface area contributed by atoms with Crippen LogP contribution < -0.4 is 5.32 Å². The molecule has 1 atom stereocenters. The Morgan fingerprint density at radius 2 is 1.89 bits per heavy atom. The standard InChI is InChI=1S/C16H23NS/c1-12-6-5-7-13-10-15(2,3)8-9-16(4,18)11-14(13)17-12/h8-11,17-18H,1,5-7H2,2-4H3/b9-8-,13-10-,14-11+. The Bertz CT molecular complexity index is 450. The number of fused-ring (bicyclic) bond motifs is 1. The number of rotatable bonds is 0. The lowest BCUT2D eigenvalue weighted by molar-refractivity contribution is 0.609. The van der Waals surface area contributed by atoms with E-state index in [0.717, 1.165) is 25.0 Å². The third kappa shape index (κ3) is 3.32. The molecule has 0 amide bonds. The highest BCUT2D eigenvalue weighted by molar-refractivity contribution is 7.82. The van der Waals surface area contributed by atoms with Gasteiger partial charge in [-0.05, 0) is 37.8 Å². The van der Waals surface area contributed by atoms with Crippen molar-refractivity contribution in [3.8, 4) is 0 Å². The van der Waals surface area contributed by atoms with Gasteiger partial charge < -0.3 is 5.32 Å². The molecule has 1 unspecified atom stereocenters. The highest BCUT2D eigenvalue weighted by Crippen LogP contribution is 2.34. The van der Waals surface area contributed by atoms with Crippen LogP contribution in [0.15, 0.2) is 47.9 Å². The minimum atomic E-state index is -0.219. The van der Waals surface area contributed by atoms with Crippen molar-refractivity contribution in [2.45, 2.75) is 44.8 Å². The Hall–Kier alpha value is -0.890. The molecule has 98 valence electrons. The first kappa shape index (κ1) is 13.5. The van der Waals surface area contributed by atoms with E-state index in [1.54, 1.807) is 0 Å². The molecule has 0 aromatic carbocycles. The second-order valence-corrected chi connectivity index (χ2v) is 7.15. The number of nitrogens with one attached hydrogen (secondary N) is 1. The van der Waals surface area contributed by atoms with E-state index in [1.165, 1.54) is 11.3 Å². The Kier molecular flexibility index (Phi) is 3.50. The van der Waals surface area contributed by atoms with Gasteiger partial charge in [0.15, 0.2) is 0 Å². The maximum Gasteiger partial charge on any atom is 0.0483 e. The van der Waals surface area contributed by atoms with E-state index in [-0.39, 0.29) is 10.2 Å². The van der Waals surface area contributed by atoms with E-state index in [9.17, 15) is 0 Å². The highest BCUT2D eigenvalue weighted by atomic mass is 32.1. The molecule has 1 nitrogen and oxygen atoms in total. The van der Waals surface area contributed by atoms with Gasteiger partial charge in [-0.1, -0.05) is 38.7 Å². The third-order valence-corrected chi connectivity index (χ3v) is 3.69. The Labute approximate surface area is 116 Å². The van der Waals surface area contributed by atoms with Crippen LogP contribution in [0.3, 0.4) is 0 Å². The predicted octanol–water partition coefficient (Wildman–Crippen LogP) is 4.37. The SMILES string of the molecule is C=C1CCCC2=C/C(C)(C)/C=C\C(C)(S)/C=C\2N1. The van der Waals surface area contributed by atoms with Crippen LogP contribution >= 0.6 is 12.6 Å². The molecule has 2 aliphatic rings. The first-order chi connectivity index (χ1) is 8.27. The minimum Gasteiger partial charge on any atom is -0.359 e. The lowest BCUT2D eigenvalue weighted by atomic mass is 9.85. The molecular formula is C16H23NS. The number of allylic oxidation sites excluding steroid dienone is 4. The largest absolute Gasteiger partial charge is 0.359 e. The molecule has 0 aromatic rings. The summed E-state index contributed by atoms with van der Waals surface area (Å²) < 4.78 is -0.219. The van der Waals surface area contributed by atoms with Gasteiger partial charge in [-0.25, -0.2) is 0 Å². The normalized spacial score (nSPS) is 38.8. The fraction of sp³-hybridized carbons (Fsp3) is 0.500. The van der Waals surface area contributed by atoms with Gasteiger partial charge in [-0.2, -0.15) is 12.6 Å². The lowest BCUT2D eigenvalue weighted by Crippen LogP contribution is -2.21. The Morgan fingerprint density at radius 1 is 1.17 bits per heavy atom. The number of thiol groups is 1. The second-order valence-electron chi connectivity index (χ2n) is 6.19. The first-order valence-corrected chi connectivity index (χ1v) is 7.05. The van der Waals surface area contributed by atoms with Crippen molar-refractivity contribution in [1.82, 2.24) is 5.32 Å². The van der Waals surface area contributed by atoms with Gasteiger partial charge in [0.05, 0.1) is 0 Å². The molecule has 0 aromatic heterocycles. The smallest absolute Gasteiger partial charge is 0.0483 e. The molecule has 1 fully saturated rings. The van der Waals surface area contributed by atoms with Gasteiger partial charge in [-0.15, -0.1) is 0 Å². The minimum absolute atomic E-state index is 0.0756. The van der Waals surface area contributed by atoms with Gasteiger partial charge in [0.2, 0.25) is 0 Å². The number of hydrogen-bond donors (Lipinski definition) is 2. The van der Waals surface area contributed by atoms with E-state index in [1.807, 2.05) is 0 Å². The average molecular weight is 261 g/mol. The molecule has 0 radical (unpaired) electrons. The van der Waals surface area contributed by atoms with E-state index in [4.69, 9.17) is 12.6 Å². The van der Waals surface area contributed by atoms with Crippen LogP contribution in [0.25, 0.3) is 0 Å². The van der Waals surface area contributed by atoms with Crippen molar-refractivity contribution in [1.29, 1.82) is 0 Å². The second kappa shape index (κ2) is 4.65. The molecule has 0 spiro atoms.